The lowest BCUT2D eigenvalue weighted by Crippen LogP contribution is -2.01. The topological polar surface area (TPSA) is 44.5 Å². The summed E-state index contributed by atoms with van der Waals surface area (Å²) >= 11 is 0. The van der Waals surface area contributed by atoms with Crippen molar-refractivity contribution in [3.05, 3.63) is 95.6 Å². The molecular formula is C21H21NO2. The minimum absolute atomic E-state index is 0.449. The van der Waals surface area contributed by atoms with E-state index >= 15 is 0 Å². The smallest absolute Gasteiger partial charge is 0.123 e. The van der Waals surface area contributed by atoms with E-state index in [1.165, 1.54) is 0 Å². The molecule has 0 heterocycles. The molecule has 3 nitrogen and oxygen atoms in total. The van der Waals surface area contributed by atoms with Crippen LogP contribution in [-0.4, -0.2) is 0 Å². The Morgan fingerprint density at radius 3 is 1.46 bits per heavy atom. The van der Waals surface area contributed by atoms with Crippen molar-refractivity contribution >= 4 is 0 Å². The Labute approximate surface area is 142 Å². The van der Waals surface area contributed by atoms with Crippen LogP contribution in [0.4, 0.5) is 0 Å². The van der Waals surface area contributed by atoms with Crippen LogP contribution >= 0.6 is 0 Å². The molecule has 3 heteroatoms. The molecule has 0 radical (unpaired) electrons. The summed E-state index contributed by atoms with van der Waals surface area (Å²) in [6.45, 7) is 1.49. The van der Waals surface area contributed by atoms with E-state index in [1.807, 2.05) is 78.9 Å². The van der Waals surface area contributed by atoms with Gasteiger partial charge in [-0.15, -0.1) is 0 Å². The molecule has 0 aliphatic heterocycles. The number of rotatable bonds is 7. The fraction of sp³-hybridized carbons (Fsp3) is 0.143. The van der Waals surface area contributed by atoms with Gasteiger partial charge in [-0.3, -0.25) is 0 Å². The van der Waals surface area contributed by atoms with Gasteiger partial charge in [-0.2, -0.15) is 0 Å². The number of benzene rings is 3. The lowest BCUT2D eigenvalue weighted by atomic mass is 10.2. The SMILES string of the molecule is NCc1cc(OCc2ccccc2)cc(OCc2ccccc2)c1. The molecule has 3 aromatic carbocycles. The number of hydrogen-bond donors (Lipinski definition) is 1. The van der Waals surface area contributed by atoms with Crippen LogP contribution in [0.25, 0.3) is 0 Å². The fourth-order valence-corrected chi connectivity index (χ4v) is 2.40. The molecule has 3 aromatic rings. The molecular weight excluding hydrogens is 298 g/mol. The molecule has 0 unspecified atom stereocenters. The van der Waals surface area contributed by atoms with Gasteiger partial charge in [-0.25, -0.2) is 0 Å². The quantitative estimate of drug-likeness (QED) is 0.706. The van der Waals surface area contributed by atoms with Gasteiger partial charge in [-0.1, -0.05) is 60.7 Å². The van der Waals surface area contributed by atoms with Crippen molar-refractivity contribution in [3.63, 3.8) is 0 Å². The van der Waals surface area contributed by atoms with Crippen LogP contribution < -0.4 is 15.2 Å². The van der Waals surface area contributed by atoms with Crippen molar-refractivity contribution in [2.45, 2.75) is 19.8 Å². The van der Waals surface area contributed by atoms with E-state index in [2.05, 4.69) is 0 Å². The van der Waals surface area contributed by atoms with E-state index in [4.69, 9.17) is 15.2 Å². The largest absolute Gasteiger partial charge is 0.489 e. The van der Waals surface area contributed by atoms with Crippen molar-refractivity contribution in [2.75, 3.05) is 0 Å². The Morgan fingerprint density at radius 1 is 0.583 bits per heavy atom. The van der Waals surface area contributed by atoms with Crippen molar-refractivity contribution in [2.24, 2.45) is 5.73 Å². The zero-order chi connectivity index (χ0) is 16.6. The zero-order valence-electron chi connectivity index (χ0n) is 13.5. The van der Waals surface area contributed by atoms with Crippen molar-refractivity contribution < 1.29 is 9.47 Å². The van der Waals surface area contributed by atoms with Gasteiger partial charge < -0.3 is 15.2 Å². The van der Waals surface area contributed by atoms with Crippen molar-refractivity contribution in [1.82, 2.24) is 0 Å². The van der Waals surface area contributed by atoms with Gasteiger partial charge in [0.15, 0.2) is 0 Å². The minimum Gasteiger partial charge on any atom is -0.489 e. The summed E-state index contributed by atoms with van der Waals surface area (Å²) in [4.78, 5) is 0. The minimum atomic E-state index is 0.449. The molecule has 0 bridgehead atoms. The van der Waals surface area contributed by atoms with E-state index in [9.17, 15) is 0 Å². The molecule has 24 heavy (non-hydrogen) atoms. The second-order valence-corrected chi connectivity index (χ2v) is 5.57. The Bertz CT molecular complexity index is 696. The van der Waals surface area contributed by atoms with Crippen LogP contribution in [0.3, 0.4) is 0 Å². The lowest BCUT2D eigenvalue weighted by molar-refractivity contribution is 0.289. The highest BCUT2D eigenvalue weighted by Gasteiger charge is 2.04. The van der Waals surface area contributed by atoms with Crippen molar-refractivity contribution in [3.8, 4) is 11.5 Å². The Balaban J connectivity index is 1.68. The highest BCUT2D eigenvalue weighted by molar-refractivity contribution is 5.38. The Hall–Kier alpha value is -2.78. The van der Waals surface area contributed by atoms with Crippen LogP contribution in [0.5, 0.6) is 11.5 Å². The second-order valence-electron chi connectivity index (χ2n) is 5.57. The second kappa shape index (κ2) is 8.18. The van der Waals surface area contributed by atoms with E-state index in [0.717, 1.165) is 28.2 Å². The number of hydrogen-bond acceptors (Lipinski definition) is 3. The maximum Gasteiger partial charge on any atom is 0.123 e. The van der Waals surface area contributed by atoms with Gasteiger partial charge in [0.05, 0.1) is 0 Å². The molecule has 0 saturated carbocycles. The normalized spacial score (nSPS) is 10.4. The Kier molecular flexibility index (Phi) is 5.48. The molecule has 122 valence electrons. The molecule has 0 aromatic heterocycles. The van der Waals surface area contributed by atoms with Crippen molar-refractivity contribution in [1.29, 1.82) is 0 Å². The molecule has 2 N–H and O–H groups in total. The van der Waals surface area contributed by atoms with Gasteiger partial charge in [0.1, 0.15) is 24.7 Å². The maximum absolute atomic E-state index is 5.89. The molecule has 0 aliphatic rings. The van der Waals surface area contributed by atoms with E-state index < -0.39 is 0 Å². The average molecular weight is 319 g/mol. The number of ether oxygens (including phenoxy) is 2. The fourth-order valence-electron chi connectivity index (χ4n) is 2.40. The van der Waals surface area contributed by atoms with Crippen LogP contribution in [0.1, 0.15) is 16.7 Å². The number of nitrogens with two attached hydrogens (primary N) is 1. The summed E-state index contributed by atoms with van der Waals surface area (Å²) in [6, 6.07) is 26.0. The first kappa shape index (κ1) is 16.1. The zero-order valence-corrected chi connectivity index (χ0v) is 13.5. The standard InChI is InChI=1S/C21H21NO2/c22-14-19-11-20(23-15-17-7-3-1-4-8-17)13-21(12-19)24-16-18-9-5-2-6-10-18/h1-13H,14-16,22H2. The summed E-state index contributed by atoms with van der Waals surface area (Å²) in [5.74, 6) is 1.54. The van der Waals surface area contributed by atoms with Gasteiger partial charge in [0.25, 0.3) is 0 Å². The Morgan fingerprint density at radius 2 is 1.04 bits per heavy atom. The van der Waals surface area contributed by atoms with Crippen LogP contribution in [0, 0.1) is 0 Å². The van der Waals surface area contributed by atoms with E-state index in [1.54, 1.807) is 0 Å². The summed E-state index contributed by atoms with van der Waals surface area (Å²) in [5.41, 5.74) is 9.03. The molecule has 0 atom stereocenters. The predicted octanol–water partition coefficient (Wildman–Crippen LogP) is 4.30. The third-order valence-corrected chi connectivity index (χ3v) is 3.67. The first-order valence-corrected chi connectivity index (χ1v) is 8.01. The van der Waals surface area contributed by atoms with Gasteiger partial charge >= 0.3 is 0 Å². The molecule has 0 amide bonds. The first-order valence-electron chi connectivity index (χ1n) is 8.01. The summed E-state index contributed by atoms with van der Waals surface area (Å²) in [7, 11) is 0. The molecule has 0 spiro atoms. The summed E-state index contributed by atoms with van der Waals surface area (Å²) < 4.78 is 11.8. The van der Waals surface area contributed by atoms with Gasteiger partial charge in [0, 0.05) is 12.6 Å². The first-order chi connectivity index (χ1) is 11.8. The summed E-state index contributed by atoms with van der Waals surface area (Å²) in [6.07, 6.45) is 0. The molecule has 0 fully saturated rings. The molecule has 3 rings (SSSR count). The van der Waals surface area contributed by atoms with E-state index in [-0.39, 0.29) is 0 Å². The monoisotopic (exact) mass is 319 g/mol. The van der Waals surface area contributed by atoms with Crippen LogP contribution in [-0.2, 0) is 19.8 Å². The van der Waals surface area contributed by atoms with Gasteiger partial charge in [0.2, 0.25) is 0 Å². The molecule has 0 aliphatic carbocycles. The third kappa shape index (κ3) is 4.61. The van der Waals surface area contributed by atoms with Gasteiger partial charge in [-0.05, 0) is 28.8 Å². The van der Waals surface area contributed by atoms with Crippen LogP contribution in [0.15, 0.2) is 78.9 Å². The molecule has 0 saturated heterocycles. The highest BCUT2D eigenvalue weighted by Crippen LogP contribution is 2.24. The highest BCUT2D eigenvalue weighted by atomic mass is 16.5. The van der Waals surface area contributed by atoms with E-state index in [0.29, 0.717) is 19.8 Å². The summed E-state index contributed by atoms with van der Waals surface area (Å²) in [5, 5.41) is 0. The predicted molar refractivity (Wildman–Crippen MR) is 95.9 cm³/mol. The average Bonchev–Trinajstić information content (AvgIpc) is 2.66. The third-order valence-electron chi connectivity index (χ3n) is 3.67. The lowest BCUT2D eigenvalue weighted by Gasteiger charge is -2.12. The maximum atomic E-state index is 5.89. The van der Waals surface area contributed by atoms with Crippen LogP contribution in [0.2, 0.25) is 0 Å².